The first-order valence-corrected chi connectivity index (χ1v) is 7.02. The topological polar surface area (TPSA) is 84.3 Å². The Labute approximate surface area is 118 Å². The van der Waals surface area contributed by atoms with E-state index in [-0.39, 0.29) is 0 Å². The molecule has 2 unspecified atom stereocenters. The van der Waals surface area contributed by atoms with Crippen molar-refractivity contribution in [1.29, 1.82) is 0 Å². The molecule has 1 aliphatic carbocycles. The van der Waals surface area contributed by atoms with Crippen LogP contribution in [0, 0.1) is 5.92 Å². The molecule has 0 amide bonds. The predicted octanol–water partition coefficient (Wildman–Crippen LogP) is 2.32. The van der Waals surface area contributed by atoms with Gasteiger partial charge in [0.15, 0.2) is 0 Å². The number of nitrogens with one attached hydrogen (secondary N) is 1. The molecule has 110 valence electrons. The van der Waals surface area contributed by atoms with E-state index in [1.165, 1.54) is 6.33 Å². The molecule has 2 N–H and O–H groups in total. The molecule has 0 aromatic carbocycles. The molecule has 6 heteroatoms. The van der Waals surface area contributed by atoms with Crippen molar-refractivity contribution in [2.45, 2.75) is 45.1 Å². The molecule has 1 fully saturated rings. The number of carboxylic acid groups (broad SMARTS) is 1. The number of anilines is 1. The highest BCUT2D eigenvalue weighted by Gasteiger charge is 2.42. The molecule has 0 radical (unpaired) electrons. The van der Waals surface area contributed by atoms with Crippen LogP contribution in [0.1, 0.15) is 39.5 Å². The van der Waals surface area contributed by atoms with Gasteiger partial charge >= 0.3 is 5.97 Å². The first kappa shape index (κ1) is 14.6. The van der Waals surface area contributed by atoms with Gasteiger partial charge in [-0.25, -0.2) is 14.8 Å². The Balaban J connectivity index is 2.20. The van der Waals surface area contributed by atoms with Gasteiger partial charge in [0.05, 0.1) is 6.61 Å². The molecule has 0 saturated heterocycles. The Hall–Kier alpha value is -1.85. The second kappa shape index (κ2) is 6.07. The van der Waals surface area contributed by atoms with Gasteiger partial charge in [0.2, 0.25) is 5.88 Å². The average Bonchev–Trinajstić information content (AvgIpc) is 2.39. The standard InChI is InChI=1S/C14H21N3O3/c1-3-20-12-7-11(15-9-16-12)17-14(13(18)19)6-4-5-10(2)8-14/h7,9-10H,3-6,8H2,1-2H3,(H,18,19)(H,15,16,17). The number of aliphatic carboxylic acids is 1. The lowest BCUT2D eigenvalue weighted by Crippen LogP contribution is -2.49. The van der Waals surface area contributed by atoms with E-state index in [1.807, 2.05) is 6.92 Å². The fraction of sp³-hybridized carbons (Fsp3) is 0.643. The van der Waals surface area contributed by atoms with Crippen LogP contribution in [0.25, 0.3) is 0 Å². The first-order chi connectivity index (χ1) is 9.55. The number of ether oxygens (including phenoxy) is 1. The van der Waals surface area contributed by atoms with E-state index in [9.17, 15) is 9.90 Å². The van der Waals surface area contributed by atoms with Gasteiger partial charge in [-0.2, -0.15) is 0 Å². The van der Waals surface area contributed by atoms with Crippen LogP contribution in [0.15, 0.2) is 12.4 Å². The largest absolute Gasteiger partial charge is 0.480 e. The van der Waals surface area contributed by atoms with Gasteiger partial charge in [-0.05, 0) is 25.7 Å². The Bertz CT molecular complexity index is 480. The van der Waals surface area contributed by atoms with Crippen molar-refractivity contribution < 1.29 is 14.6 Å². The molecular weight excluding hydrogens is 258 g/mol. The van der Waals surface area contributed by atoms with E-state index in [0.29, 0.717) is 37.1 Å². The van der Waals surface area contributed by atoms with Crippen LogP contribution in [0.3, 0.4) is 0 Å². The van der Waals surface area contributed by atoms with Crippen molar-refractivity contribution >= 4 is 11.8 Å². The van der Waals surface area contributed by atoms with Crippen LogP contribution >= 0.6 is 0 Å². The molecule has 1 aliphatic rings. The Morgan fingerprint density at radius 3 is 3.05 bits per heavy atom. The summed E-state index contributed by atoms with van der Waals surface area (Å²) in [5, 5.41) is 12.7. The third kappa shape index (κ3) is 3.18. The Morgan fingerprint density at radius 2 is 2.40 bits per heavy atom. The molecule has 2 atom stereocenters. The number of nitrogens with zero attached hydrogens (tertiary/aromatic N) is 2. The number of aromatic nitrogens is 2. The summed E-state index contributed by atoms with van der Waals surface area (Å²) >= 11 is 0. The highest BCUT2D eigenvalue weighted by atomic mass is 16.5. The fourth-order valence-corrected chi connectivity index (χ4v) is 2.79. The third-order valence-electron chi connectivity index (χ3n) is 3.71. The maximum atomic E-state index is 11.7. The lowest BCUT2D eigenvalue weighted by molar-refractivity contribution is -0.144. The minimum absolute atomic E-state index is 0.389. The maximum absolute atomic E-state index is 11.7. The summed E-state index contributed by atoms with van der Waals surface area (Å²) in [6.07, 6.45) is 4.58. The molecule has 2 rings (SSSR count). The van der Waals surface area contributed by atoms with Crippen molar-refractivity contribution in [1.82, 2.24) is 9.97 Å². The summed E-state index contributed by atoms with van der Waals surface area (Å²) < 4.78 is 5.31. The number of rotatable bonds is 5. The Morgan fingerprint density at radius 1 is 1.60 bits per heavy atom. The van der Waals surface area contributed by atoms with Gasteiger partial charge < -0.3 is 15.2 Å². The second-order valence-electron chi connectivity index (χ2n) is 5.39. The lowest BCUT2D eigenvalue weighted by Gasteiger charge is -2.37. The summed E-state index contributed by atoms with van der Waals surface area (Å²) in [5.74, 6) is 0.524. The zero-order chi connectivity index (χ0) is 14.6. The van der Waals surface area contributed by atoms with Gasteiger partial charge in [0.1, 0.15) is 17.7 Å². The van der Waals surface area contributed by atoms with E-state index in [1.54, 1.807) is 6.07 Å². The van der Waals surface area contributed by atoms with Gasteiger partial charge in [-0.15, -0.1) is 0 Å². The fourth-order valence-electron chi connectivity index (χ4n) is 2.79. The molecular formula is C14H21N3O3. The van der Waals surface area contributed by atoms with Crippen LogP contribution in [0.4, 0.5) is 5.82 Å². The van der Waals surface area contributed by atoms with Crippen LogP contribution in [0.2, 0.25) is 0 Å². The van der Waals surface area contributed by atoms with Crippen LogP contribution in [0.5, 0.6) is 5.88 Å². The Kier molecular flexibility index (Phi) is 4.42. The van der Waals surface area contributed by atoms with Gasteiger partial charge in [-0.1, -0.05) is 19.8 Å². The number of carboxylic acids is 1. The quantitative estimate of drug-likeness (QED) is 0.860. The molecule has 0 spiro atoms. The molecule has 1 heterocycles. The number of carbonyl (C=O) groups is 1. The highest BCUT2D eigenvalue weighted by molar-refractivity contribution is 5.82. The van der Waals surface area contributed by atoms with Crippen LogP contribution in [-0.2, 0) is 4.79 Å². The van der Waals surface area contributed by atoms with Gasteiger partial charge in [0, 0.05) is 6.07 Å². The summed E-state index contributed by atoms with van der Waals surface area (Å²) in [5.41, 5.74) is -0.935. The minimum atomic E-state index is -0.935. The van der Waals surface area contributed by atoms with Crippen molar-refractivity contribution in [3.8, 4) is 5.88 Å². The molecule has 1 aromatic rings. The van der Waals surface area contributed by atoms with E-state index in [4.69, 9.17) is 4.74 Å². The minimum Gasteiger partial charge on any atom is -0.480 e. The smallest absolute Gasteiger partial charge is 0.329 e. The normalized spacial score (nSPS) is 26.0. The second-order valence-corrected chi connectivity index (χ2v) is 5.39. The number of hydrogen-bond acceptors (Lipinski definition) is 5. The highest BCUT2D eigenvalue weighted by Crippen LogP contribution is 2.35. The summed E-state index contributed by atoms with van der Waals surface area (Å²) in [6.45, 7) is 4.47. The first-order valence-electron chi connectivity index (χ1n) is 7.02. The lowest BCUT2D eigenvalue weighted by atomic mass is 9.76. The molecule has 1 saturated carbocycles. The molecule has 20 heavy (non-hydrogen) atoms. The van der Waals surface area contributed by atoms with E-state index < -0.39 is 11.5 Å². The molecule has 1 aromatic heterocycles. The maximum Gasteiger partial charge on any atom is 0.329 e. The van der Waals surface area contributed by atoms with E-state index in [0.717, 1.165) is 12.8 Å². The predicted molar refractivity (Wildman–Crippen MR) is 74.8 cm³/mol. The summed E-state index contributed by atoms with van der Waals surface area (Å²) in [7, 11) is 0. The summed E-state index contributed by atoms with van der Waals surface area (Å²) in [4.78, 5) is 19.8. The zero-order valence-corrected chi connectivity index (χ0v) is 11.9. The van der Waals surface area contributed by atoms with Gasteiger partial charge in [0.25, 0.3) is 0 Å². The van der Waals surface area contributed by atoms with Crippen LogP contribution in [-0.4, -0.2) is 33.2 Å². The summed E-state index contributed by atoms with van der Waals surface area (Å²) in [6, 6.07) is 1.65. The molecule has 0 bridgehead atoms. The van der Waals surface area contributed by atoms with Gasteiger partial charge in [-0.3, -0.25) is 0 Å². The monoisotopic (exact) mass is 279 g/mol. The molecule has 0 aliphatic heterocycles. The van der Waals surface area contributed by atoms with E-state index >= 15 is 0 Å². The third-order valence-corrected chi connectivity index (χ3v) is 3.71. The SMILES string of the molecule is CCOc1cc(NC2(C(=O)O)CCCC(C)C2)ncn1. The number of hydrogen-bond donors (Lipinski definition) is 2. The van der Waals surface area contributed by atoms with Crippen molar-refractivity contribution in [2.24, 2.45) is 5.92 Å². The van der Waals surface area contributed by atoms with Crippen molar-refractivity contribution in [2.75, 3.05) is 11.9 Å². The van der Waals surface area contributed by atoms with Crippen molar-refractivity contribution in [3.63, 3.8) is 0 Å². The average molecular weight is 279 g/mol. The molecule has 6 nitrogen and oxygen atoms in total. The zero-order valence-electron chi connectivity index (χ0n) is 11.9. The van der Waals surface area contributed by atoms with E-state index in [2.05, 4.69) is 22.2 Å². The van der Waals surface area contributed by atoms with Crippen molar-refractivity contribution in [3.05, 3.63) is 12.4 Å². The van der Waals surface area contributed by atoms with Crippen LogP contribution < -0.4 is 10.1 Å².